The van der Waals surface area contributed by atoms with E-state index in [0.29, 0.717) is 5.56 Å². The van der Waals surface area contributed by atoms with Crippen LogP contribution in [0.5, 0.6) is 0 Å². The Morgan fingerprint density at radius 3 is 2.08 bits per heavy atom. The maximum absolute atomic E-state index is 12.3. The van der Waals surface area contributed by atoms with E-state index in [4.69, 9.17) is 4.74 Å². The summed E-state index contributed by atoms with van der Waals surface area (Å²) in [7, 11) is 0. The Labute approximate surface area is 149 Å². The second-order valence-corrected chi connectivity index (χ2v) is 6.87. The van der Waals surface area contributed by atoms with Crippen LogP contribution in [0, 0.1) is 6.92 Å². The number of ether oxygens (including phenoxy) is 1. The molecule has 2 heteroatoms. The number of esters is 1. The van der Waals surface area contributed by atoms with E-state index in [9.17, 15) is 4.79 Å². The van der Waals surface area contributed by atoms with Gasteiger partial charge in [-0.1, -0.05) is 83.4 Å². The number of benzene rings is 1. The summed E-state index contributed by atoms with van der Waals surface area (Å²) in [6.45, 7) is 6.32. The molecule has 0 radical (unpaired) electrons. The molecule has 1 rings (SSSR count). The van der Waals surface area contributed by atoms with E-state index in [1.165, 1.54) is 51.4 Å². The fourth-order valence-corrected chi connectivity index (χ4v) is 3.05. The Hall–Kier alpha value is -1.31. The highest BCUT2D eigenvalue weighted by atomic mass is 16.5. The van der Waals surface area contributed by atoms with Gasteiger partial charge in [0.1, 0.15) is 6.10 Å². The Morgan fingerprint density at radius 2 is 1.50 bits per heavy atom. The zero-order chi connectivity index (χ0) is 17.6. The Morgan fingerprint density at radius 1 is 0.917 bits per heavy atom. The van der Waals surface area contributed by atoms with Gasteiger partial charge in [0.25, 0.3) is 0 Å². The van der Waals surface area contributed by atoms with Crippen molar-refractivity contribution in [1.29, 1.82) is 0 Å². The number of hydrogen-bond acceptors (Lipinski definition) is 2. The summed E-state index contributed by atoms with van der Waals surface area (Å²) in [5, 5.41) is 0. The summed E-state index contributed by atoms with van der Waals surface area (Å²) >= 11 is 0. The zero-order valence-electron chi connectivity index (χ0n) is 16.0. The average Bonchev–Trinajstić information content (AvgIpc) is 2.59. The van der Waals surface area contributed by atoms with Gasteiger partial charge in [0, 0.05) is 0 Å². The molecular formula is C22H36O2. The predicted octanol–water partition coefficient (Wildman–Crippen LogP) is 6.85. The van der Waals surface area contributed by atoms with Gasteiger partial charge >= 0.3 is 5.97 Å². The molecule has 0 spiro atoms. The monoisotopic (exact) mass is 332 g/mol. The van der Waals surface area contributed by atoms with Gasteiger partial charge in [-0.3, -0.25) is 0 Å². The van der Waals surface area contributed by atoms with Crippen LogP contribution in [0.2, 0.25) is 0 Å². The van der Waals surface area contributed by atoms with Crippen molar-refractivity contribution in [3.05, 3.63) is 35.4 Å². The lowest BCUT2D eigenvalue weighted by Crippen LogP contribution is -2.18. The van der Waals surface area contributed by atoms with Gasteiger partial charge in [0.2, 0.25) is 0 Å². The molecule has 136 valence electrons. The lowest BCUT2D eigenvalue weighted by molar-refractivity contribution is 0.0266. The van der Waals surface area contributed by atoms with Crippen LogP contribution in [-0.2, 0) is 4.74 Å². The molecule has 0 bridgehead atoms. The molecule has 0 amide bonds. The third-order valence-corrected chi connectivity index (χ3v) is 4.72. The molecule has 24 heavy (non-hydrogen) atoms. The van der Waals surface area contributed by atoms with Gasteiger partial charge < -0.3 is 4.74 Å². The largest absolute Gasteiger partial charge is 0.459 e. The maximum atomic E-state index is 12.3. The molecule has 0 fully saturated rings. The van der Waals surface area contributed by atoms with Crippen molar-refractivity contribution in [2.75, 3.05) is 0 Å². The summed E-state index contributed by atoms with van der Waals surface area (Å²) in [6.07, 6.45) is 13.9. The Bertz CT molecular complexity index is 453. The van der Waals surface area contributed by atoms with Crippen molar-refractivity contribution in [2.45, 2.75) is 97.5 Å². The average molecular weight is 333 g/mol. The SMILES string of the molecule is CCCCCCCCCCCC(CC)OC(=O)c1ccccc1C. The number of hydrogen-bond donors (Lipinski definition) is 0. The topological polar surface area (TPSA) is 26.3 Å². The van der Waals surface area contributed by atoms with Crippen molar-refractivity contribution in [2.24, 2.45) is 0 Å². The van der Waals surface area contributed by atoms with Crippen molar-refractivity contribution < 1.29 is 9.53 Å². The molecule has 1 atom stereocenters. The molecule has 2 nitrogen and oxygen atoms in total. The van der Waals surface area contributed by atoms with Gasteiger partial charge in [0.15, 0.2) is 0 Å². The van der Waals surface area contributed by atoms with Gasteiger partial charge in [-0.25, -0.2) is 4.79 Å². The van der Waals surface area contributed by atoms with E-state index in [1.807, 2.05) is 31.2 Å². The van der Waals surface area contributed by atoms with Crippen LogP contribution >= 0.6 is 0 Å². The second kappa shape index (κ2) is 13.0. The van der Waals surface area contributed by atoms with Gasteiger partial charge in [0.05, 0.1) is 5.56 Å². The first kappa shape index (κ1) is 20.7. The highest BCUT2D eigenvalue weighted by molar-refractivity contribution is 5.91. The molecule has 0 aliphatic carbocycles. The molecule has 0 heterocycles. The van der Waals surface area contributed by atoms with Crippen LogP contribution in [0.15, 0.2) is 24.3 Å². The number of aryl methyl sites for hydroxylation is 1. The first-order valence-electron chi connectivity index (χ1n) is 9.95. The molecule has 0 aliphatic rings. The van der Waals surface area contributed by atoms with Crippen LogP contribution in [-0.4, -0.2) is 12.1 Å². The van der Waals surface area contributed by atoms with E-state index in [2.05, 4.69) is 13.8 Å². The molecular weight excluding hydrogens is 296 g/mol. The maximum Gasteiger partial charge on any atom is 0.338 e. The van der Waals surface area contributed by atoms with Crippen molar-refractivity contribution in [1.82, 2.24) is 0 Å². The zero-order valence-corrected chi connectivity index (χ0v) is 16.0. The normalized spacial score (nSPS) is 12.1. The third kappa shape index (κ3) is 8.52. The minimum absolute atomic E-state index is 0.0571. The molecule has 0 saturated heterocycles. The minimum atomic E-state index is -0.170. The summed E-state index contributed by atoms with van der Waals surface area (Å²) < 4.78 is 5.70. The first-order chi connectivity index (χ1) is 11.7. The molecule has 0 N–H and O–H groups in total. The van der Waals surface area contributed by atoms with E-state index in [-0.39, 0.29) is 12.1 Å². The summed E-state index contributed by atoms with van der Waals surface area (Å²) in [5.74, 6) is -0.170. The van der Waals surface area contributed by atoms with Crippen LogP contribution < -0.4 is 0 Å². The van der Waals surface area contributed by atoms with E-state index < -0.39 is 0 Å². The molecule has 1 aromatic rings. The van der Waals surface area contributed by atoms with Gasteiger partial charge in [-0.2, -0.15) is 0 Å². The van der Waals surface area contributed by atoms with E-state index in [1.54, 1.807) is 0 Å². The molecule has 0 aromatic heterocycles. The summed E-state index contributed by atoms with van der Waals surface area (Å²) in [5.41, 5.74) is 1.68. The molecule has 0 aliphatic heterocycles. The highest BCUT2D eigenvalue weighted by Gasteiger charge is 2.15. The van der Waals surface area contributed by atoms with Crippen molar-refractivity contribution in [3.8, 4) is 0 Å². The Kier molecular flexibility index (Phi) is 11.3. The molecule has 1 aromatic carbocycles. The van der Waals surface area contributed by atoms with Crippen LogP contribution in [0.25, 0.3) is 0 Å². The smallest absolute Gasteiger partial charge is 0.338 e. The van der Waals surface area contributed by atoms with Crippen LogP contribution in [0.4, 0.5) is 0 Å². The van der Waals surface area contributed by atoms with Crippen molar-refractivity contribution >= 4 is 5.97 Å². The summed E-state index contributed by atoms with van der Waals surface area (Å²) in [6, 6.07) is 7.65. The molecule has 1 unspecified atom stereocenters. The van der Waals surface area contributed by atoms with Crippen molar-refractivity contribution in [3.63, 3.8) is 0 Å². The highest BCUT2D eigenvalue weighted by Crippen LogP contribution is 2.16. The van der Waals surface area contributed by atoms with Gasteiger partial charge in [-0.05, 0) is 37.8 Å². The Balaban J connectivity index is 2.16. The standard InChI is InChI=1S/C22H36O2/c1-4-6-7-8-9-10-11-12-13-17-20(5-2)24-22(23)21-18-15-14-16-19(21)3/h14-16,18,20H,4-13,17H2,1-3H3. The predicted molar refractivity (Wildman–Crippen MR) is 103 cm³/mol. The van der Waals surface area contributed by atoms with Crippen LogP contribution in [0.3, 0.4) is 0 Å². The van der Waals surface area contributed by atoms with Crippen LogP contribution in [0.1, 0.15) is 100 Å². The minimum Gasteiger partial charge on any atom is -0.459 e. The number of unbranched alkanes of at least 4 members (excludes halogenated alkanes) is 8. The molecule has 0 saturated carbocycles. The number of carbonyl (C=O) groups is 1. The fourth-order valence-electron chi connectivity index (χ4n) is 3.05. The lowest BCUT2D eigenvalue weighted by atomic mass is 10.0. The van der Waals surface area contributed by atoms with Gasteiger partial charge in [-0.15, -0.1) is 0 Å². The van der Waals surface area contributed by atoms with E-state index >= 15 is 0 Å². The van der Waals surface area contributed by atoms with E-state index in [0.717, 1.165) is 24.8 Å². The second-order valence-electron chi connectivity index (χ2n) is 6.87. The lowest BCUT2D eigenvalue weighted by Gasteiger charge is -2.17. The first-order valence-corrected chi connectivity index (χ1v) is 9.95. The summed E-state index contributed by atoms with van der Waals surface area (Å²) in [4.78, 5) is 12.3. The fraction of sp³-hybridized carbons (Fsp3) is 0.682. The third-order valence-electron chi connectivity index (χ3n) is 4.72. The quantitative estimate of drug-likeness (QED) is 0.291. The number of rotatable bonds is 13. The number of carbonyl (C=O) groups excluding carboxylic acids is 1.